The van der Waals surface area contributed by atoms with Gasteiger partial charge in [0.25, 0.3) is 10.0 Å². The predicted octanol–water partition coefficient (Wildman–Crippen LogP) is 3.42. The quantitative estimate of drug-likeness (QED) is 0.664. The highest BCUT2D eigenvalue weighted by molar-refractivity contribution is 7.92. The molecule has 0 saturated carbocycles. The van der Waals surface area contributed by atoms with Gasteiger partial charge in [-0.1, -0.05) is 6.92 Å². The Balaban J connectivity index is 1.78. The van der Waals surface area contributed by atoms with Crippen LogP contribution in [0.1, 0.15) is 17.7 Å². The summed E-state index contributed by atoms with van der Waals surface area (Å²) in [6.07, 6.45) is 2.22. The molecule has 2 aromatic heterocycles. The lowest BCUT2D eigenvalue weighted by Crippen LogP contribution is -2.37. The topological polar surface area (TPSA) is 96.4 Å². The van der Waals surface area contributed by atoms with Crippen molar-refractivity contribution in [1.29, 1.82) is 5.26 Å². The van der Waals surface area contributed by atoms with E-state index in [-0.39, 0.29) is 18.2 Å². The van der Waals surface area contributed by atoms with Crippen LogP contribution in [-0.4, -0.2) is 26.6 Å². The molecule has 0 atom stereocenters. The Hall–Kier alpha value is -2.83. The molecular formula is C18H15N3O4S2. The number of sulfonamides is 1. The maximum absolute atomic E-state index is 13.1. The number of rotatable bonds is 4. The highest BCUT2D eigenvalue weighted by atomic mass is 32.2. The van der Waals surface area contributed by atoms with Crippen LogP contribution >= 0.6 is 11.3 Å². The molecule has 0 saturated heterocycles. The van der Waals surface area contributed by atoms with E-state index in [1.54, 1.807) is 24.4 Å². The van der Waals surface area contributed by atoms with Gasteiger partial charge in [-0.25, -0.2) is 4.98 Å². The van der Waals surface area contributed by atoms with Gasteiger partial charge in [-0.15, -0.1) is 11.3 Å². The molecule has 1 aliphatic rings. The van der Waals surface area contributed by atoms with Crippen LogP contribution in [0, 0.1) is 11.3 Å². The first-order chi connectivity index (χ1) is 13.0. The largest absolute Gasteiger partial charge is 0.489 e. The molecule has 0 fully saturated rings. The number of furan rings is 1. The van der Waals surface area contributed by atoms with Crippen LogP contribution in [0.3, 0.4) is 0 Å². The highest BCUT2D eigenvalue weighted by Gasteiger charge is 2.32. The number of fused-ring (bicyclic) bond motifs is 1. The molecule has 0 spiro atoms. The zero-order chi connectivity index (χ0) is 19.0. The van der Waals surface area contributed by atoms with Gasteiger partial charge in [0.15, 0.2) is 5.01 Å². The number of aromatic nitrogens is 1. The Morgan fingerprint density at radius 3 is 2.89 bits per heavy atom. The third-order valence-electron chi connectivity index (χ3n) is 4.20. The number of hydrogen-bond acceptors (Lipinski definition) is 7. The minimum Gasteiger partial charge on any atom is -0.489 e. The fourth-order valence-corrected chi connectivity index (χ4v) is 4.95. The second kappa shape index (κ2) is 6.72. The SMILES string of the molecule is CCc1ccc(S(=O)(=O)N2CCOc3ccc(-c4cnc(C#N)s4)cc32)o1. The van der Waals surface area contributed by atoms with Crippen LogP contribution in [0.15, 0.2) is 46.0 Å². The number of nitriles is 1. The van der Waals surface area contributed by atoms with E-state index in [4.69, 9.17) is 14.4 Å². The number of thiazole rings is 1. The third-order valence-corrected chi connectivity index (χ3v) is 6.83. The van der Waals surface area contributed by atoms with Crippen molar-refractivity contribution >= 4 is 27.0 Å². The second-order valence-corrected chi connectivity index (χ2v) is 8.65. The fourth-order valence-electron chi connectivity index (χ4n) is 2.85. The molecule has 9 heteroatoms. The van der Waals surface area contributed by atoms with Crippen LogP contribution in [0.5, 0.6) is 5.75 Å². The molecule has 7 nitrogen and oxygen atoms in total. The van der Waals surface area contributed by atoms with Gasteiger partial charge in [0.05, 0.1) is 17.1 Å². The second-order valence-electron chi connectivity index (χ2n) is 5.82. The number of nitrogens with zero attached hydrogens (tertiary/aromatic N) is 3. The van der Waals surface area contributed by atoms with Gasteiger partial charge in [0, 0.05) is 12.6 Å². The molecule has 1 aliphatic heterocycles. The Labute approximate surface area is 160 Å². The van der Waals surface area contributed by atoms with Crippen LogP contribution in [0.4, 0.5) is 5.69 Å². The minimum atomic E-state index is -3.84. The monoisotopic (exact) mass is 401 g/mol. The Kier molecular flexibility index (Phi) is 4.37. The van der Waals surface area contributed by atoms with E-state index in [2.05, 4.69) is 4.98 Å². The molecule has 27 heavy (non-hydrogen) atoms. The van der Waals surface area contributed by atoms with Crippen molar-refractivity contribution in [2.75, 3.05) is 17.5 Å². The molecule has 0 radical (unpaired) electrons. The van der Waals surface area contributed by atoms with Gasteiger partial charge in [-0.05, 0) is 35.9 Å². The van der Waals surface area contributed by atoms with Crippen molar-refractivity contribution in [2.24, 2.45) is 0 Å². The van der Waals surface area contributed by atoms with Crippen LogP contribution in [-0.2, 0) is 16.4 Å². The van der Waals surface area contributed by atoms with Crippen LogP contribution in [0.2, 0.25) is 0 Å². The molecular weight excluding hydrogens is 386 g/mol. The maximum atomic E-state index is 13.1. The molecule has 1 aromatic carbocycles. The smallest absolute Gasteiger partial charge is 0.298 e. The summed E-state index contributed by atoms with van der Waals surface area (Å²) in [5.41, 5.74) is 1.22. The lowest BCUT2D eigenvalue weighted by atomic mass is 10.1. The van der Waals surface area contributed by atoms with Gasteiger partial charge in [0.2, 0.25) is 5.09 Å². The molecule has 4 rings (SSSR count). The van der Waals surface area contributed by atoms with Crippen molar-refractivity contribution in [3.8, 4) is 22.3 Å². The van der Waals surface area contributed by atoms with Gasteiger partial charge in [0.1, 0.15) is 24.2 Å². The average molecular weight is 401 g/mol. The highest BCUT2D eigenvalue weighted by Crippen LogP contribution is 2.39. The molecule has 138 valence electrons. The molecule has 0 N–H and O–H groups in total. The summed E-state index contributed by atoms with van der Waals surface area (Å²) in [7, 11) is -3.84. The zero-order valence-corrected chi connectivity index (χ0v) is 16.0. The van der Waals surface area contributed by atoms with E-state index in [0.29, 0.717) is 28.6 Å². The summed E-state index contributed by atoms with van der Waals surface area (Å²) in [5.74, 6) is 1.10. The number of benzene rings is 1. The van der Waals surface area contributed by atoms with E-state index in [0.717, 1.165) is 10.4 Å². The van der Waals surface area contributed by atoms with Crippen molar-refractivity contribution in [3.05, 3.63) is 47.3 Å². The summed E-state index contributed by atoms with van der Waals surface area (Å²) in [6.45, 7) is 2.34. The number of aryl methyl sites for hydroxylation is 1. The van der Waals surface area contributed by atoms with Gasteiger partial charge in [-0.2, -0.15) is 13.7 Å². The van der Waals surface area contributed by atoms with Crippen LogP contribution in [0.25, 0.3) is 10.4 Å². The fraction of sp³-hybridized carbons (Fsp3) is 0.222. The molecule has 0 bridgehead atoms. The van der Waals surface area contributed by atoms with Gasteiger partial charge in [-0.3, -0.25) is 4.31 Å². The molecule has 0 amide bonds. The van der Waals surface area contributed by atoms with Crippen molar-refractivity contribution in [3.63, 3.8) is 0 Å². The summed E-state index contributed by atoms with van der Waals surface area (Å²) < 4.78 is 38.6. The van der Waals surface area contributed by atoms with Crippen molar-refractivity contribution < 1.29 is 17.6 Å². The summed E-state index contributed by atoms with van der Waals surface area (Å²) in [4.78, 5) is 4.81. The third kappa shape index (κ3) is 3.07. The van der Waals surface area contributed by atoms with E-state index >= 15 is 0 Å². The normalized spacial score (nSPS) is 13.7. The molecule has 0 unspecified atom stereocenters. The van der Waals surface area contributed by atoms with Gasteiger partial charge >= 0.3 is 0 Å². The van der Waals surface area contributed by atoms with Gasteiger partial charge < -0.3 is 9.15 Å². The lowest BCUT2D eigenvalue weighted by molar-refractivity contribution is 0.315. The van der Waals surface area contributed by atoms with Crippen LogP contribution < -0.4 is 9.04 Å². The number of anilines is 1. The van der Waals surface area contributed by atoms with Crippen molar-refractivity contribution in [2.45, 2.75) is 18.4 Å². The average Bonchev–Trinajstić information content (AvgIpc) is 3.36. The molecule has 3 aromatic rings. The van der Waals surface area contributed by atoms with E-state index < -0.39 is 10.0 Å². The lowest BCUT2D eigenvalue weighted by Gasteiger charge is -2.30. The number of ether oxygens (including phenoxy) is 1. The summed E-state index contributed by atoms with van der Waals surface area (Å²) >= 11 is 1.25. The van der Waals surface area contributed by atoms with E-state index in [9.17, 15) is 8.42 Å². The first-order valence-electron chi connectivity index (χ1n) is 8.27. The Morgan fingerprint density at radius 1 is 1.33 bits per heavy atom. The first-order valence-corrected chi connectivity index (χ1v) is 10.5. The van der Waals surface area contributed by atoms with E-state index in [1.165, 1.54) is 21.7 Å². The first kappa shape index (κ1) is 17.6. The summed E-state index contributed by atoms with van der Waals surface area (Å²) in [5, 5.41) is 9.24. The molecule has 3 heterocycles. The van der Waals surface area contributed by atoms with E-state index in [1.807, 2.05) is 19.1 Å². The molecule has 0 aliphatic carbocycles. The summed E-state index contributed by atoms with van der Waals surface area (Å²) in [6, 6.07) is 10.5. The Morgan fingerprint density at radius 2 is 2.19 bits per heavy atom. The maximum Gasteiger partial charge on any atom is 0.298 e. The predicted molar refractivity (Wildman–Crippen MR) is 100 cm³/mol. The minimum absolute atomic E-state index is 0.0813. The zero-order valence-electron chi connectivity index (χ0n) is 14.4. The van der Waals surface area contributed by atoms with Crippen molar-refractivity contribution in [1.82, 2.24) is 4.98 Å². The Bertz CT molecular complexity index is 1140. The number of hydrogen-bond donors (Lipinski definition) is 0. The standard InChI is InChI=1S/C18H15N3O4S2/c1-2-13-4-6-18(25-13)27(22,23)21-7-8-24-15-5-3-12(9-14(15)21)16-11-20-17(10-19)26-16/h3-6,9,11H,2,7-8H2,1H3.